The molecule has 0 saturated heterocycles. The normalized spacial score (nSPS) is 17.3. The molecule has 0 amide bonds. The molecule has 2 aliphatic carbocycles. The van der Waals surface area contributed by atoms with E-state index in [2.05, 4.69) is 24.3 Å². The Morgan fingerprint density at radius 2 is 1.25 bits per heavy atom. The molecule has 0 N–H and O–H groups in total. The third-order valence-corrected chi connectivity index (χ3v) is 1.63. The van der Waals surface area contributed by atoms with Gasteiger partial charge in [-0.15, -0.1) is 0 Å². The summed E-state index contributed by atoms with van der Waals surface area (Å²) in [7, 11) is 0. The van der Waals surface area contributed by atoms with Crippen LogP contribution in [0.2, 0.25) is 0 Å². The molecule has 0 bridgehead atoms. The minimum absolute atomic E-state index is 0. The Kier molecular flexibility index (Phi) is 14.1. The van der Waals surface area contributed by atoms with E-state index >= 15 is 0 Å². The monoisotopic (exact) mass is 239 g/mol. The summed E-state index contributed by atoms with van der Waals surface area (Å²) in [5, 5.41) is 0. The van der Waals surface area contributed by atoms with Crippen LogP contribution in [0.1, 0.15) is 38.5 Å². The molecular weight excluding hydrogens is 223 g/mol. The van der Waals surface area contributed by atoms with E-state index in [1.165, 1.54) is 38.5 Å². The third kappa shape index (κ3) is 8.46. The quantitative estimate of drug-likeness (QED) is 0.569. The van der Waals surface area contributed by atoms with E-state index in [4.69, 9.17) is 0 Å². The molecule has 0 aromatic carbocycles. The topological polar surface area (TPSA) is 0 Å². The first-order valence-corrected chi connectivity index (χ1v) is 4.10. The van der Waals surface area contributed by atoms with Crippen molar-refractivity contribution in [3.8, 4) is 0 Å². The van der Waals surface area contributed by atoms with Gasteiger partial charge in [-0.3, -0.25) is 12.2 Å². The predicted octanol–water partition coefficient (Wildman–Crippen LogP) is 3.51. The Morgan fingerprint density at radius 1 is 0.833 bits per heavy atom. The van der Waals surface area contributed by atoms with Crippen LogP contribution in [-0.2, 0) is 26.2 Å². The van der Waals surface area contributed by atoms with Crippen molar-refractivity contribution >= 4 is 0 Å². The third-order valence-electron chi connectivity index (χ3n) is 1.63. The van der Waals surface area contributed by atoms with Gasteiger partial charge in [0, 0.05) is 0 Å². The Labute approximate surface area is 96.3 Å². The summed E-state index contributed by atoms with van der Waals surface area (Å²) in [6.07, 6.45) is 18.0. The SMILES string of the molecule is [C-]1=CCCC1.[C-]1=CCCC1.[CH3-].[Zr+3]. The molecule has 0 saturated carbocycles. The second-order valence-corrected chi connectivity index (χ2v) is 2.60. The number of hydrogen-bond acceptors (Lipinski definition) is 0. The molecule has 2 aliphatic rings. The summed E-state index contributed by atoms with van der Waals surface area (Å²) in [5.41, 5.74) is 0. The van der Waals surface area contributed by atoms with Crippen LogP contribution in [0.25, 0.3) is 0 Å². The van der Waals surface area contributed by atoms with Gasteiger partial charge in [0.05, 0.1) is 0 Å². The number of hydrogen-bond donors (Lipinski definition) is 0. The van der Waals surface area contributed by atoms with E-state index in [1.807, 2.05) is 0 Å². The zero-order valence-corrected chi connectivity index (χ0v) is 10.4. The van der Waals surface area contributed by atoms with Gasteiger partial charge in [0.25, 0.3) is 0 Å². The van der Waals surface area contributed by atoms with Crippen molar-refractivity contribution in [3.05, 3.63) is 31.7 Å². The van der Waals surface area contributed by atoms with E-state index in [9.17, 15) is 0 Å². The molecule has 12 heavy (non-hydrogen) atoms. The predicted molar refractivity (Wildman–Crippen MR) is 49.7 cm³/mol. The van der Waals surface area contributed by atoms with Crippen LogP contribution < -0.4 is 0 Å². The molecule has 0 unspecified atom stereocenters. The van der Waals surface area contributed by atoms with Crippen molar-refractivity contribution in [1.82, 2.24) is 0 Å². The van der Waals surface area contributed by atoms with Gasteiger partial charge in [-0.1, -0.05) is 25.7 Å². The molecule has 1 heteroatoms. The van der Waals surface area contributed by atoms with Crippen molar-refractivity contribution < 1.29 is 26.2 Å². The summed E-state index contributed by atoms with van der Waals surface area (Å²) < 4.78 is 0. The average molecular weight is 240 g/mol. The van der Waals surface area contributed by atoms with Gasteiger partial charge in [-0.2, -0.15) is 12.8 Å². The Balaban J connectivity index is 0. The van der Waals surface area contributed by atoms with Crippen molar-refractivity contribution in [2.24, 2.45) is 0 Å². The second kappa shape index (κ2) is 11.4. The molecule has 1 radical (unpaired) electrons. The molecule has 0 heterocycles. The Morgan fingerprint density at radius 3 is 1.33 bits per heavy atom. The van der Waals surface area contributed by atoms with Crippen LogP contribution in [0.5, 0.6) is 0 Å². The van der Waals surface area contributed by atoms with Gasteiger partial charge in [0.15, 0.2) is 0 Å². The summed E-state index contributed by atoms with van der Waals surface area (Å²) in [6, 6.07) is 0. The molecule has 0 spiro atoms. The largest absolute Gasteiger partial charge is 3.00 e. The van der Waals surface area contributed by atoms with Crippen LogP contribution >= 0.6 is 0 Å². The van der Waals surface area contributed by atoms with Gasteiger partial charge in [0.1, 0.15) is 0 Å². The number of rotatable bonds is 0. The zero-order chi connectivity index (χ0) is 7.07. The first kappa shape index (κ1) is 14.9. The maximum atomic E-state index is 3.10. The molecule has 0 fully saturated rings. The molecular formula is C11H17Zr. The summed E-state index contributed by atoms with van der Waals surface area (Å²) in [6.45, 7) is 0. The van der Waals surface area contributed by atoms with Crippen molar-refractivity contribution in [2.75, 3.05) is 0 Å². The minimum Gasteiger partial charge on any atom is -0.501 e. The zero-order valence-electron chi connectivity index (χ0n) is 7.90. The standard InChI is InChI=1S/2C5H7.CH3.Zr/c2*1-2-4-5-3-1;;/h2*1H,2,4-5H2;1H3;/q3*-1;+3. The summed E-state index contributed by atoms with van der Waals surface area (Å²) in [5.74, 6) is 0. The van der Waals surface area contributed by atoms with E-state index in [1.54, 1.807) is 0 Å². The average Bonchev–Trinajstić information content (AvgIpc) is 2.67. The van der Waals surface area contributed by atoms with Gasteiger partial charge in [-0.25, -0.2) is 0 Å². The molecule has 0 aromatic rings. The molecule has 0 aromatic heterocycles. The summed E-state index contributed by atoms with van der Waals surface area (Å²) in [4.78, 5) is 0. The van der Waals surface area contributed by atoms with E-state index in [0.29, 0.717) is 0 Å². The van der Waals surface area contributed by atoms with Crippen molar-refractivity contribution in [2.45, 2.75) is 38.5 Å². The summed E-state index contributed by atoms with van der Waals surface area (Å²) >= 11 is 0. The van der Waals surface area contributed by atoms with Gasteiger partial charge in [0.2, 0.25) is 0 Å². The van der Waals surface area contributed by atoms with Crippen LogP contribution in [0.4, 0.5) is 0 Å². The van der Waals surface area contributed by atoms with Crippen LogP contribution in [0.15, 0.2) is 12.2 Å². The van der Waals surface area contributed by atoms with E-state index in [0.717, 1.165) is 0 Å². The Bertz CT molecular complexity index is 97.0. The van der Waals surface area contributed by atoms with Gasteiger partial charge >= 0.3 is 26.2 Å². The maximum Gasteiger partial charge on any atom is 3.00 e. The molecule has 2 rings (SSSR count). The number of allylic oxidation sites excluding steroid dienone is 4. The van der Waals surface area contributed by atoms with Crippen LogP contribution in [0, 0.1) is 19.6 Å². The first-order valence-electron chi connectivity index (χ1n) is 4.10. The maximum absolute atomic E-state index is 3.10. The fraction of sp³-hybridized carbons (Fsp3) is 0.545. The fourth-order valence-electron chi connectivity index (χ4n) is 1.02. The van der Waals surface area contributed by atoms with Gasteiger partial charge < -0.3 is 19.6 Å². The van der Waals surface area contributed by atoms with Gasteiger partial charge in [-0.05, 0) is 0 Å². The van der Waals surface area contributed by atoms with E-state index in [-0.39, 0.29) is 33.6 Å². The molecule has 65 valence electrons. The minimum atomic E-state index is 0. The molecule has 0 aliphatic heterocycles. The second-order valence-electron chi connectivity index (χ2n) is 2.60. The van der Waals surface area contributed by atoms with Crippen LogP contribution in [-0.4, -0.2) is 0 Å². The fourth-order valence-corrected chi connectivity index (χ4v) is 1.02. The first-order chi connectivity index (χ1) is 5.00. The molecule has 0 atom stereocenters. The van der Waals surface area contributed by atoms with Crippen molar-refractivity contribution in [3.63, 3.8) is 0 Å². The smallest absolute Gasteiger partial charge is 0.501 e. The van der Waals surface area contributed by atoms with Crippen molar-refractivity contribution in [1.29, 1.82) is 0 Å². The molecule has 0 nitrogen and oxygen atoms in total. The van der Waals surface area contributed by atoms with Crippen LogP contribution in [0.3, 0.4) is 0 Å². The Hall–Kier alpha value is 0.363. The van der Waals surface area contributed by atoms with E-state index < -0.39 is 0 Å².